The number of hydrogen-bond acceptors (Lipinski definition) is 3. The summed E-state index contributed by atoms with van der Waals surface area (Å²) in [5.74, 6) is 1.86. The van der Waals surface area contributed by atoms with Gasteiger partial charge in [0.15, 0.2) is 0 Å². The maximum atomic E-state index is 5.46. The predicted octanol–water partition coefficient (Wildman–Crippen LogP) is 2.86. The number of nitrogens with zero attached hydrogens (tertiary/aromatic N) is 1. The maximum Gasteiger partial charge on any atom is 0.123 e. The number of piperidine rings is 1. The number of nitrogens with one attached hydrogen (secondary N) is 1. The molecule has 0 radical (unpaired) electrons. The second-order valence-electron chi connectivity index (χ2n) is 5.59. The number of benzene rings is 1. The molecule has 0 unspecified atom stereocenters. The summed E-state index contributed by atoms with van der Waals surface area (Å²) in [7, 11) is 3.80. The van der Waals surface area contributed by atoms with Crippen LogP contribution in [-0.4, -0.2) is 38.7 Å². The molecule has 0 aliphatic carbocycles. The molecule has 20 heavy (non-hydrogen) atoms. The zero-order chi connectivity index (χ0) is 13.7. The van der Waals surface area contributed by atoms with Gasteiger partial charge in [-0.25, -0.2) is 0 Å². The van der Waals surface area contributed by atoms with Crippen molar-refractivity contribution >= 4 is 12.4 Å². The van der Waals surface area contributed by atoms with Crippen molar-refractivity contribution in [3.8, 4) is 5.75 Å². The summed E-state index contributed by atoms with van der Waals surface area (Å²) < 4.78 is 5.46. The Morgan fingerprint density at radius 3 is 2.60 bits per heavy atom. The fourth-order valence-corrected chi connectivity index (χ4v) is 2.91. The Labute approximate surface area is 129 Å². The van der Waals surface area contributed by atoms with Crippen LogP contribution < -0.4 is 10.1 Å². The molecule has 0 saturated carbocycles. The van der Waals surface area contributed by atoms with E-state index in [0.29, 0.717) is 0 Å². The number of aryl methyl sites for hydroxylation is 1. The topological polar surface area (TPSA) is 24.5 Å². The molecule has 0 atom stereocenters. The first-order valence-corrected chi connectivity index (χ1v) is 7.23. The van der Waals surface area contributed by atoms with Crippen LogP contribution in [0.3, 0.4) is 0 Å². The van der Waals surface area contributed by atoms with Gasteiger partial charge >= 0.3 is 0 Å². The van der Waals surface area contributed by atoms with Crippen molar-refractivity contribution in [2.75, 3.05) is 33.8 Å². The summed E-state index contributed by atoms with van der Waals surface area (Å²) >= 11 is 0. The van der Waals surface area contributed by atoms with E-state index in [2.05, 4.69) is 35.3 Å². The molecule has 2 rings (SSSR count). The third-order valence-corrected chi connectivity index (χ3v) is 4.03. The first kappa shape index (κ1) is 17.3. The lowest BCUT2D eigenvalue weighted by molar-refractivity contribution is 0.175. The zero-order valence-corrected chi connectivity index (χ0v) is 13.6. The van der Waals surface area contributed by atoms with E-state index in [1.807, 2.05) is 7.05 Å². The van der Waals surface area contributed by atoms with Crippen molar-refractivity contribution in [2.24, 2.45) is 5.92 Å². The van der Waals surface area contributed by atoms with Gasteiger partial charge in [-0.05, 0) is 58.4 Å². The summed E-state index contributed by atoms with van der Waals surface area (Å²) in [6, 6.07) is 6.44. The fraction of sp³-hybridized carbons (Fsp3) is 0.625. The quantitative estimate of drug-likeness (QED) is 0.905. The van der Waals surface area contributed by atoms with Gasteiger partial charge in [-0.15, -0.1) is 12.4 Å². The van der Waals surface area contributed by atoms with Gasteiger partial charge in [0, 0.05) is 12.1 Å². The van der Waals surface area contributed by atoms with Gasteiger partial charge in [0.1, 0.15) is 5.75 Å². The van der Waals surface area contributed by atoms with Crippen LogP contribution in [0.5, 0.6) is 5.75 Å². The Bertz CT molecular complexity index is 403. The minimum Gasteiger partial charge on any atom is -0.496 e. The van der Waals surface area contributed by atoms with Crippen LogP contribution >= 0.6 is 12.4 Å². The summed E-state index contributed by atoms with van der Waals surface area (Å²) in [6.07, 6.45) is 2.60. The van der Waals surface area contributed by atoms with E-state index in [0.717, 1.165) is 24.8 Å². The van der Waals surface area contributed by atoms with Crippen LogP contribution in [-0.2, 0) is 6.54 Å². The van der Waals surface area contributed by atoms with Crippen LogP contribution in [0.4, 0.5) is 0 Å². The van der Waals surface area contributed by atoms with Gasteiger partial charge in [0.25, 0.3) is 0 Å². The van der Waals surface area contributed by atoms with Crippen molar-refractivity contribution in [1.29, 1.82) is 0 Å². The number of halogens is 1. The minimum atomic E-state index is 0. The molecule has 3 nitrogen and oxygen atoms in total. The Morgan fingerprint density at radius 2 is 2.00 bits per heavy atom. The monoisotopic (exact) mass is 298 g/mol. The average molecular weight is 299 g/mol. The highest BCUT2D eigenvalue weighted by Gasteiger charge is 2.19. The molecule has 0 amide bonds. The largest absolute Gasteiger partial charge is 0.496 e. The first-order chi connectivity index (χ1) is 9.22. The third kappa shape index (κ3) is 4.65. The first-order valence-electron chi connectivity index (χ1n) is 7.23. The molecule has 1 saturated heterocycles. The van der Waals surface area contributed by atoms with Gasteiger partial charge in [0.2, 0.25) is 0 Å². The minimum absolute atomic E-state index is 0. The Hall–Kier alpha value is -0.770. The predicted molar refractivity (Wildman–Crippen MR) is 86.9 cm³/mol. The Kier molecular flexibility index (Phi) is 7.35. The third-order valence-electron chi connectivity index (χ3n) is 4.03. The number of likely N-dealkylation sites (tertiary alicyclic amines) is 1. The average Bonchev–Trinajstić information content (AvgIpc) is 2.42. The summed E-state index contributed by atoms with van der Waals surface area (Å²) in [4.78, 5) is 2.55. The van der Waals surface area contributed by atoms with Gasteiger partial charge in [-0.1, -0.05) is 17.7 Å². The van der Waals surface area contributed by atoms with E-state index < -0.39 is 0 Å². The molecule has 1 aliphatic rings. The van der Waals surface area contributed by atoms with Gasteiger partial charge in [-0.3, -0.25) is 4.90 Å². The standard InChI is InChI=1S/C16H26N2O.ClH/c1-13-4-5-16(19-3)15(10-13)12-18-8-6-14(7-9-18)11-17-2;/h4-5,10,14,17H,6-9,11-12H2,1-3H3;1H. The lowest BCUT2D eigenvalue weighted by atomic mass is 9.96. The second-order valence-corrected chi connectivity index (χ2v) is 5.59. The van der Waals surface area contributed by atoms with E-state index >= 15 is 0 Å². The lowest BCUT2D eigenvalue weighted by Gasteiger charge is -2.32. The number of rotatable bonds is 5. The van der Waals surface area contributed by atoms with Gasteiger partial charge < -0.3 is 10.1 Å². The molecule has 1 aromatic carbocycles. The number of methoxy groups -OCH3 is 1. The molecule has 114 valence electrons. The summed E-state index contributed by atoms with van der Waals surface area (Å²) in [5.41, 5.74) is 2.62. The molecule has 1 fully saturated rings. The summed E-state index contributed by atoms with van der Waals surface area (Å²) in [5, 5.41) is 3.29. The Morgan fingerprint density at radius 1 is 1.30 bits per heavy atom. The van der Waals surface area contributed by atoms with Crippen LogP contribution in [0.1, 0.15) is 24.0 Å². The van der Waals surface area contributed by atoms with Gasteiger partial charge in [-0.2, -0.15) is 0 Å². The lowest BCUT2D eigenvalue weighted by Crippen LogP contribution is -2.36. The summed E-state index contributed by atoms with van der Waals surface area (Å²) in [6.45, 7) is 6.70. The van der Waals surface area contributed by atoms with Crippen LogP contribution in [0.25, 0.3) is 0 Å². The smallest absolute Gasteiger partial charge is 0.123 e. The number of ether oxygens (including phenoxy) is 1. The van der Waals surface area contributed by atoms with Crippen molar-refractivity contribution in [1.82, 2.24) is 10.2 Å². The molecule has 4 heteroatoms. The maximum absolute atomic E-state index is 5.46. The highest BCUT2D eigenvalue weighted by Crippen LogP contribution is 2.24. The van der Waals surface area contributed by atoms with Crippen LogP contribution in [0, 0.1) is 12.8 Å². The molecular formula is C16H27ClN2O. The molecule has 0 spiro atoms. The zero-order valence-electron chi connectivity index (χ0n) is 12.8. The van der Waals surface area contributed by atoms with E-state index in [1.54, 1.807) is 7.11 Å². The molecule has 1 aliphatic heterocycles. The molecule has 0 aromatic heterocycles. The van der Waals surface area contributed by atoms with E-state index in [-0.39, 0.29) is 12.4 Å². The number of hydrogen-bond donors (Lipinski definition) is 1. The second kappa shape index (κ2) is 8.50. The molecule has 1 heterocycles. The molecule has 1 aromatic rings. The highest BCUT2D eigenvalue weighted by atomic mass is 35.5. The SMILES string of the molecule is CNCC1CCN(Cc2cc(C)ccc2OC)CC1.Cl. The van der Waals surface area contributed by atoms with Crippen molar-refractivity contribution in [3.05, 3.63) is 29.3 Å². The van der Waals surface area contributed by atoms with E-state index in [4.69, 9.17) is 4.74 Å². The fourth-order valence-electron chi connectivity index (χ4n) is 2.91. The van der Waals surface area contributed by atoms with Gasteiger partial charge in [0.05, 0.1) is 7.11 Å². The van der Waals surface area contributed by atoms with E-state index in [9.17, 15) is 0 Å². The normalized spacial score (nSPS) is 16.8. The Balaban J connectivity index is 0.00000200. The molecule has 0 bridgehead atoms. The van der Waals surface area contributed by atoms with Crippen LogP contribution in [0.15, 0.2) is 18.2 Å². The highest BCUT2D eigenvalue weighted by molar-refractivity contribution is 5.85. The van der Waals surface area contributed by atoms with Crippen LogP contribution in [0.2, 0.25) is 0 Å². The van der Waals surface area contributed by atoms with Crippen molar-refractivity contribution in [3.63, 3.8) is 0 Å². The molecular weight excluding hydrogens is 272 g/mol. The molecule has 1 N–H and O–H groups in total. The van der Waals surface area contributed by atoms with Crippen molar-refractivity contribution < 1.29 is 4.74 Å². The van der Waals surface area contributed by atoms with Crippen molar-refractivity contribution in [2.45, 2.75) is 26.3 Å². The van der Waals surface area contributed by atoms with E-state index in [1.165, 1.54) is 37.1 Å².